The zero-order valence-electron chi connectivity index (χ0n) is 14.4. The van der Waals surface area contributed by atoms with Gasteiger partial charge in [0.25, 0.3) is 0 Å². The molecule has 0 radical (unpaired) electrons. The van der Waals surface area contributed by atoms with Crippen molar-refractivity contribution < 1.29 is 4.43 Å². The van der Waals surface area contributed by atoms with Gasteiger partial charge in [0, 0.05) is 5.92 Å². The van der Waals surface area contributed by atoms with Crippen molar-refractivity contribution in [1.82, 2.24) is 0 Å². The van der Waals surface area contributed by atoms with Gasteiger partial charge in [-0.05, 0) is 61.7 Å². The summed E-state index contributed by atoms with van der Waals surface area (Å²) < 4.78 is 6.36. The van der Waals surface area contributed by atoms with Crippen LogP contribution in [0, 0.1) is 0 Å². The molecule has 0 heterocycles. The van der Waals surface area contributed by atoms with Crippen LogP contribution in [0.1, 0.15) is 30.7 Å². The van der Waals surface area contributed by atoms with E-state index in [0.29, 0.717) is 5.92 Å². The third kappa shape index (κ3) is 4.14. The van der Waals surface area contributed by atoms with E-state index in [1.54, 1.807) is 0 Å². The van der Waals surface area contributed by atoms with Crippen LogP contribution in [0.3, 0.4) is 0 Å². The highest BCUT2D eigenvalue weighted by molar-refractivity contribution is 6.70. The average Bonchev–Trinajstić information content (AvgIpc) is 2.55. The molecule has 0 aliphatic heterocycles. The number of allylic oxidation sites excluding steroid dienone is 2. The zero-order valence-corrected chi connectivity index (χ0v) is 15.4. The first kappa shape index (κ1) is 16.1. The molecule has 0 bridgehead atoms. The minimum Gasteiger partial charge on any atom is -0.547 e. The Bertz CT molecular complexity index is 665. The van der Waals surface area contributed by atoms with Crippen LogP contribution < -0.4 is 0 Å². The third-order valence-corrected chi connectivity index (χ3v) is 5.08. The number of hydrogen-bond acceptors (Lipinski definition) is 1. The van der Waals surface area contributed by atoms with Crippen molar-refractivity contribution in [3.8, 4) is 11.1 Å². The smallest absolute Gasteiger partial charge is 0.241 e. The van der Waals surface area contributed by atoms with Gasteiger partial charge in [-0.1, -0.05) is 54.6 Å². The monoisotopic (exact) mass is 322 g/mol. The molecule has 0 saturated carbocycles. The molecule has 1 atom stereocenters. The lowest BCUT2D eigenvalue weighted by Crippen LogP contribution is -2.27. The SMILES string of the molecule is C[Si](C)(C)OC1=CCCCC1c1ccc(-c2ccccc2)cc1. The Morgan fingerprint density at radius 2 is 1.52 bits per heavy atom. The Morgan fingerprint density at radius 3 is 2.17 bits per heavy atom. The maximum absolute atomic E-state index is 6.36. The maximum atomic E-state index is 6.36. The van der Waals surface area contributed by atoms with Gasteiger partial charge < -0.3 is 4.43 Å². The van der Waals surface area contributed by atoms with Crippen LogP contribution in [0.5, 0.6) is 0 Å². The standard InChI is InChI=1S/C21H26OSi/c1-23(2,3)22-21-12-8-7-11-20(21)19-15-13-18(14-16-19)17-9-5-4-6-10-17/h4-6,9-10,12-16,20H,7-8,11H2,1-3H3. The number of benzene rings is 2. The summed E-state index contributed by atoms with van der Waals surface area (Å²) in [5, 5.41) is 0. The molecule has 0 N–H and O–H groups in total. The van der Waals surface area contributed by atoms with E-state index in [-0.39, 0.29) is 0 Å². The summed E-state index contributed by atoms with van der Waals surface area (Å²) in [6, 6.07) is 19.6. The van der Waals surface area contributed by atoms with Crippen LogP contribution in [0.15, 0.2) is 66.4 Å². The van der Waals surface area contributed by atoms with Crippen molar-refractivity contribution in [1.29, 1.82) is 0 Å². The van der Waals surface area contributed by atoms with E-state index in [9.17, 15) is 0 Å². The van der Waals surface area contributed by atoms with E-state index >= 15 is 0 Å². The molecule has 0 amide bonds. The second-order valence-corrected chi connectivity index (χ2v) is 11.7. The van der Waals surface area contributed by atoms with E-state index in [0.717, 1.165) is 6.42 Å². The lowest BCUT2D eigenvalue weighted by atomic mass is 9.87. The Balaban J connectivity index is 1.83. The Hall–Kier alpha value is -1.80. The summed E-state index contributed by atoms with van der Waals surface area (Å²) in [4.78, 5) is 0. The molecule has 1 nitrogen and oxygen atoms in total. The summed E-state index contributed by atoms with van der Waals surface area (Å²) in [5.41, 5.74) is 3.94. The van der Waals surface area contributed by atoms with Crippen LogP contribution >= 0.6 is 0 Å². The molecule has 0 saturated heterocycles. The van der Waals surface area contributed by atoms with Gasteiger partial charge in [0.15, 0.2) is 0 Å². The molecule has 3 rings (SSSR count). The van der Waals surface area contributed by atoms with E-state index < -0.39 is 8.32 Å². The van der Waals surface area contributed by atoms with E-state index in [1.165, 1.54) is 35.3 Å². The summed E-state index contributed by atoms with van der Waals surface area (Å²) in [5.74, 6) is 1.64. The highest BCUT2D eigenvalue weighted by Gasteiger charge is 2.26. The molecule has 23 heavy (non-hydrogen) atoms. The minimum atomic E-state index is -1.55. The quantitative estimate of drug-likeness (QED) is 0.595. The topological polar surface area (TPSA) is 9.23 Å². The Labute approximate surface area is 141 Å². The Kier molecular flexibility index (Phi) is 4.72. The average molecular weight is 323 g/mol. The molecule has 0 spiro atoms. The van der Waals surface area contributed by atoms with E-state index in [2.05, 4.69) is 80.3 Å². The van der Waals surface area contributed by atoms with Crippen LogP contribution in [0.2, 0.25) is 19.6 Å². The van der Waals surface area contributed by atoms with Crippen molar-refractivity contribution >= 4 is 8.32 Å². The normalized spacial score (nSPS) is 18.4. The molecular formula is C21H26OSi. The van der Waals surface area contributed by atoms with Crippen molar-refractivity contribution in [2.75, 3.05) is 0 Å². The molecular weight excluding hydrogens is 296 g/mol. The maximum Gasteiger partial charge on any atom is 0.241 e. The third-order valence-electron chi connectivity index (χ3n) is 4.23. The first-order valence-electron chi connectivity index (χ1n) is 8.57. The Morgan fingerprint density at radius 1 is 0.870 bits per heavy atom. The van der Waals surface area contributed by atoms with Gasteiger partial charge in [-0.2, -0.15) is 0 Å². The number of hydrogen-bond donors (Lipinski definition) is 0. The first-order chi connectivity index (χ1) is 11.0. The van der Waals surface area contributed by atoms with Crippen molar-refractivity contribution in [2.45, 2.75) is 44.8 Å². The molecule has 0 aromatic heterocycles. The van der Waals surface area contributed by atoms with Gasteiger partial charge in [-0.15, -0.1) is 0 Å². The van der Waals surface area contributed by atoms with Crippen molar-refractivity contribution in [3.63, 3.8) is 0 Å². The fourth-order valence-corrected chi connectivity index (χ4v) is 4.12. The number of rotatable bonds is 4. The molecule has 2 heteroatoms. The lowest BCUT2D eigenvalue weighted by Gasteiger charge is -2.30. The lowest BCUT2D eigenvalue weighted by molar-refractivity contribution is 0.354. The predicted molar refractivity (Wildman–Crippen MR) is 101 cm³/mol. The summed E-state index contributed by atoms with van der Waals surface area (Å²) in [6.07, 6.45) is 5.92. The second-order valence-electron chi connectivity index (χ2n) is 7.29. The van der Waals surface area contributed by atoms with Gasteiger partial charge in [0.05, 0.1) is 5.76 Å². The fraction of sp³-hybridized carbons (Fsp3) is 0.333. The highest BCUT2D eigenvalue weighted by Crippen LogP contribution is 2.36. The molecule has 2 aromatic rings. The zero-order chi connectivity index (χ0) is 16.3. The molecule has 120 valence electrons. The fourth-order valence-electron chi connectivity index (χ4n) is 3.19. The molecule has 0 fully saturated rings. The highest BCUT2D eigenvalue weighted by atomic mass is 28.4. The van der Waals surface area contributed by atoms with Crippen LogP contribution in [-0.4, -0.2) is 8.32 Å². The van der Waals surface area contributed by atoms with Crippen LogP contribution in [0.25, 0.3) is 11.1 Å². The second kappa shape index (κ2) is 6.75. The largest absolute Gasteiger partial charge is 0.547 e. The van der Waals surface area contributed by atoms with Crippen LogP contribution in [-0.2, 0) is 4.43 Å². The molecule has 2 aromatic carbocycles. The molecule has 1 aliphatic carbocycles. The van der Waals surface area contributed by atoms with Crippen molar-refractivity contribution in [2.24, 2.45) is 0 Å². The van der Waals surface area contributed by atoms with Gasteiger partial charge in [-0.25, -0.2) is 0 Å². The van der Waals surface area contributed by atoms with Crippen molar-refractivity contribution in [3.05, 3.63) is 72.0 Å². The first-order valence-corrected chi connectivity index (χ1v) is 12.0. The van der Waals surface area contributed by atoms with Gasteiger partial charge in [0.2, 0.25) is 8.32 Å². The van der Waals surface area contributed by atoms with Crippen LogP contribution in [0.4, 0.5) is 0 Å². The predicted octanol–water partition coefficient (Wildman–Crippen LogP) is 6.36. The molecule has 1 unspecified atom stereocenters. The summed E-state index contributed by atoms with van der Waals surface area (Å²) in [7, 11) is -1.55. The van der Waals surface area contributed by atoms with E-state index in [4.69, 9.17) is 4.43 Å². The minimum absolute atomic E-state index is 0.431. The van der Waals surface area contributed by atoms with Gasteiger partial charge in [0.1, 0.15) is 0 Å². The summed E-state index contributed by atoms with van der Waals surface area (Å²) >= 11 is 0. The molecule has 1 aliphatic rings. The van der Waals surface area contributed by atoms with Gasteiger partial charge in [-0.3, -0.25) is 0 Å². The van der Waals surface area contributed by atoms with E-state index in [1.807, 2.05) is 0 Å². The van der Waals surface area contributed by atoms with Gasteiger partial charge >= 0.3 is 0 Å². The summed E-state index contributed by atoms with van der Waals surface area (Å²) in [6.45, 7) is 6.79.